The molecular formula is C18H13ClFN3O. The van der Waals surface area contributed by atoms with Gasteiger partial charge < -0.3 is 10.6 Å². The molecule has 2 N–H and O–H groups in total. The molecule has 120 valence electrons. The second-order valence-electron chi connectivity index (χ2n) is 4.97. The summed E-state index contributed by atoms with van der Waals surface area (Å²) >= 11 is 6.01. The number of nitrogens with zero attached hydrogens (tertiary/aromatic N) is 1. The lowest BCUT2D eigenvalue weighted by Gasteiger charge is -2.09. The molecule has 24 heavy (non-hydrogen) atoms. The lowest BCUT2D eigenvalue weighted by Crippen LogP contribution is -2.13. The van der Waals surface area contributed by atoms with Crippen molar-refractivity contribution >= 4 is 34.6 Å². The van der Waals surface area contributed by atoms with E-state index in [-0.39, 0.29) is 17.4 Å². The molecule has 0 fully saturated rings. The summed E-state index contributed by atoms with van der Waals surface area (Å²) in [4.78, 5) is 16.3. The third-order valence-corrected chi connectivity index (χ3v) is 3.60. The smallest absolute Gasteiger partial charge is 0.274 e. The maximum absolute atomic E-state index is 13.6. The largest absolute Gasteiger partial charge is 0.352 e. The van der Waals surface area contributed by atoms with E-state index in [0.717, 1.165) is 0 Å². The van der Waals surface area contributed by atoms with Gasteiger partial charge in [-0.2, -0.15) is 0 Å². The monoisotopic (exact) mass is 341 g/mol. The van der Waals surface area contributed by atoms with E-state index < -0.39 is 0 Å². The number of carbonyl (C=O) groups excluding carboxylic acids is 1. The molecule has 4 nitrogen and oxygen atoms in total. The fourth-order valence-electron chi connectivity index (χ4n) is 2.07. The lowest BCUT2D eigenvalue weighted by molar-refractivity contribution is 0.102. The van der Waals surface area contributed by atoms with E-state index in [1.165, 1.54) is 12.3 Å². The SMILES string of the molecule is O=C(Nc1ccccc1Cl)c1ccc(Nc2ccccc2F)cn1. The van der Waals surface area contributed by atoms with Gasteiger partial charge in [0.1, 0.15) is 11.5 Å². The van der Waals surface area contributed by atoms with Gasteiger partial charge in [0.15, 0.2) is 0 Å². The van der Waals surface area contributed by atoms with Crippen LogP contribution in [0.4, 0.5) is 21.5 Å². The Bertz CT molecular complexity index is 868. The minimum atomic E-state index is -0.374. The van der Waals surface area contributed by atoms with Crippen molar-refractivity contribution in [1.29, 1.82) is 0 Å². The number of para-hydroxylation sites is 2. The van der Waals surface area contributed by atoms with Crippen LogP contribution in [0.1, 0.15) is 10.5 Å². The second-order valence-corrected chi connectivity index (χ2v) is 5.38. The van der Waals surface area contributed by atoms with Crippen LogP contribution in [-0.4, -0.2) is 10.9 Å². The Kier molecular flexibility index (Phi) is 4.72. The zero-order valence-electron chi connectivity index (χ0n) is 12.5. The molecule has 0 spiro atoms. The first-order chi connectivity index (χ1) is 11.6. The molecule has 1 amide bonds. The molecule has 3 rings (SSSR count). The number of aromatic nitrogens is 1. The summed E-state index contributed by atoms with van der Waals surface area (Å²) in [6.07, 6.45) is 1.47. The fraction of sp³-hybridized carbons (Fsp3) is 0. The highest BCUT2D eigenvalue weighted by atomic mass is 35.5. The van der Waals surface area contributed by atoms with Gasteiger partial charge in [-0.3, -0.25) is 4.79 Å². The van der Waals surface area contributed by atoms with Crippen molar-refractivity contribution in [3.8, 4) is 0 Å². The molecule has 0 saturated heterocycles. The number of carbonyl (C=O) groups is 1. The highest BCUT2D eigenvalue weighted by Crippen LogP contribution is 2.22. The van der Waals surface area contributed by atoms with Crippen molar-refractivity contribution in [2.75, 3.05) is 10.6 Å². The third-order valence-electron chi connectivity index (χ3n) is 3.27. The summed E-state index contributed by atoms with van der Waals surface area (Å²) in [5.41, 5.74) is 1.66. The van der Waals surface area contributed by atoms with E-state index >= 15 is 0 Å². The number of halogens is 2. The molecule has 2 aromatic carbocycles. The van der Waals surface area contributed by atoms with Gasteiger partial charge in [-0.1, -0.05) is 35.9 Å². The highest BCUT2D eigenvalue weighted by molar-refractivity contribution is 6.33. The Balaban J connectivity index is 1.71. The van der Waals surface area contributed by atoms with Crippen molar-refractivity contribution in [1.82, 2.24) is 4.98 Å². The molecule has 1 aromatic heterocycles. The van der Waals surface area contributed by atoms with E-state index in [9.17, 15) is 9.18 Å². The molecule has 1 heterocycles. The predicted molar refractivity (Wildman–Crippen MR) is 93.3 cm³/mol. The van der Waals surface area contributed by atoms with Crippen LogP contribution in [0.15, 0.2) is 66.9 Å². The fourth-order valence-corrected chi connectivity index (χ4v) is 2.25. The molecule has 0 atom stereocenters. The molecule has 3 aromatic rings. The molecule has 0 aliphatic heterocycles. The Labute approximate surface area is 143 Å². The first-order valence-corrected chi connectivity index (χ1v) is 7.55. The minimum Gasteiger partial charge on any atom is -0.352 e. The standard InChI is InChI=1S/C18H13ClFN3O/c19-13-5-1-3-7-15(13)23-18(24)17-10-9-12(11-21-17)22-16-8-4-2-6-14(16)20/h1-11,22H,(H,23,24). The number of rotatable bonds is 4. The first kappa shape index (κ1) is 16.0. The maximum Gasteiger partial charge on any atom is 0.274 e. The number of anilines is 3. The Hall–Kier alpha value is -2.92. The van der Waals surface area contributed by atoms with Gasteiger partial charge in [-0.15, -0.1) is 0 Å². The average Bonchev–Trinajstić information content (AvgIpc) is 2.59. The van der Waals surface area contributed by atoms with Crippen molar-refractivity contribution < 1.29 is 9.18 Å². The quantitative estimate of drug-likeness (QED) is 0.711. The Morgan fingerprint density at radius 1 is 0.958 bits per heavy atom. The third kappa shape index (κ3) is 3.70. The Morgan fingerprint density at radius 3 is 2.33 bits per heavy atom. The molecule has 0 aliphatic rings. The topological polar surface area (TPSA) is 54.0 Å². The highest BCUT2D eigenvalue weighted by Gasteiger charge is 2.10. The van der Waals surface area contributed by atoms with Gasteiger partial charge in [0.05, 0.1) is 28.3 Å². The van der Waals surface area contributed by atoms with E-state index in [2.05, 4.69) is 15.6 Å². The van der Waals surface area contributed by atoms with Gasteiger partial charge in [-0.25, -0.2) is 9.37 Å². The van der Waals surface area contributed by atoms with Crippen molar-refractivity contribution in [3.05, 3.63) is 83.4 Å². The summed E-state index contributed by atoms with van der Waals surface area (Å²) in [7, 11) is 0. The van der Waals surface area contributed by atoms with Gasteiger partial charge in [0.2, 0.25) is 0 Å². The summed E-state index contributed by atoms with van der Waals surface area (Å²) in [5.74, 6) is -0.737. The summed E-state index contributed by atoms with van der Waals surface area (Å²) in [6, 6.07) is 16.5. The van der Waals surface area contributed by atoms with Crippen LogP contribution in [0.25, 0.3) is 0 Å². The molecule has 0 saturated carbocycles. The van der Waals surface area contributed by atoms with Gasteiger partial charge in [0, 0.05) is 0 Å². The average molecular weight is 342 g/mol. The van der Waals surface area contributed by atoms with Crippen LogP contribution in [0, 0.1) is 5.82 Å². The molecule has 6 heteroatoms. The number of hydrogen-bond donors (Lipinski definition) is 2. The van der Waals surface area contributed by atoms with Crippen LogP contribution in [0.3, 0.4) is 0 Å². The van der Waals surface area contributed by atoms with Gasteiger partial charge in [0.25, 0.3) is 5.91 Å². The summed E-state index contributed by atoms with van der Waals surface area (Å²) < 4.78 is 13.6. The number of hydrogen-bond acceptors (Lipinski definition) is 3. The molecular weight excluding hydrogens is 329 g/mol. The zero-order chi connectivity index (χ0) is 16.9. The molecule has 0 aliphatic carbocycles. The number of amides is 1. The molecule has 0 radical (unpaired) electrons. The predicted octanol–water partition coefficient (Wildman–Crippen LogP) is 4.87. The number of pyridine rings is 1. The van der Waals surface area contributed by atoms with Gasteiger partial charge >= 0.3 is 0 Å². The second kappa shape index (κ2) is 7.10. The van der Waals surface area contributed by atoms with Crippen LogP contribution in [-0.2, 0) is 0 Å². The van der Waals surface area contributed by atoms with Crippen molar-refractivity contribution in [3.63, 3.8) is 0 Å². The normalized spacial score (nSPS) is 10.2. The number of nitrogens with one attached hydrogen (secondary N) is 2. The van der Waals surface area contributed by atoms with E-state index in [1.54, 1.807) is 54.6 Å². The minimum absolute atomic E-state index is 0.231. The number of benzene rings is 2. The van der Waals surface area contributed by atoms with E-state index in [4.69, 9.17) is 11.6 Å². The molecule has 0 unspecified atom stereocenters. The van der Waals surface area contributed by atoms with Crippen LogP contribution in [0.2, 0.25) is 5.02 Å². The zero-order valence-corrected chi connectivity index (χ0v) is 13.2. The van der Waals surface area contributed by atoms with Crippen LogP contribution < -0.4 is 10.6 Å². The Morgan fingerprint density at radius 2 is 1.67 bits per heavy atom. The van der Waals surface area contributed by atoms with Crippen LogP contribution in [0.5, 0.6) is 0 Å². The van der Waals surface area contributed by atoms with E-state index in [0.29, 0.717) is 22.1 Å². The van der Waals surface area contributed by atoms with Crippen LogP contribution >= 0.6 is 11.6 Å². The van der Waals surface area contributed by atoms with Crippen molar-refractivity contribution in [2.45, 2.75) is 0 Å². The summed E-state index contributed by atoms with van der Waals surface area (Å²) in [6.45, 7) is 0. The van der Waals surface area contributed by atoms with Gasteiger partial charge in [-0.05, 0) is 36.4 Å². The summed E-state index contributed by atoms with van der Waals surface area (Å²) in [5, 5.41) is 6.05. The maximum atomic E-state index is 13.6. The van der Waals surface area contributed by atoms with E-state index in [1.807, 2.05) is 0 Å². The van der Waals surface area contributed by atoms with Crippen molar-refractivity contribution in [2.24, 2.45) is 0 Å². The lowest BCUT2D eigenvalue weighted by atomic mass is 10.2. The first-order valence-electron chi connectivity index (χ1n) is 7.17. The molecule has 0 bridgehead atoms.